The van der Waals surface area contributed by atoms with Gasteiger partial charge in [-0.05, 0) is 30.7 Å². The van der Waals surface area contributed by atoms with Crippen molar-refractivity contribution in [2.45, 2.75) is 25.7 Å². The third-order valence-electron chi connectivity index (χ3n) is 4.96. The van der Waals surface area contributed by atoms with E-state index >= 15 is 0 Å². The fourth-order valence-corrected chi connectivity index (χ4v) is 3.82. The number of H-pyrrole nitrogens is 1. The minimum absolute atomic E-state index is 0.1000. The summed E-state index contributed by atoms with van der Waals surface area (Å²) in [6, 6.07) is 8.07. The van der Waals surface area contributed by atoms with Gasteiger partial charge in [0, 0.05) is 28.6 Å². The normalized spacial score (nSPS) is 27.7. The summed E-state index contributed by atoms with van der Waals surface area (Å²) in [5, 5.41) is 5.26. The quantitative estimate of drug-likeness (QED) is 0.659. The molecule has 0 spiro atoms. The topological polar surface area (TPSA) is 57.2 Å². The highest BCUT2D eigenvalue weighted by Gasteiger charge is 2.54. The molecule has 2 fully saturated rings. The first-order chi connectivity index (χ1) is 10.3. The number of carbonyl (C=O) groups is 1. The molecular formula is C17H19N3O. The van der Waals surface area contributed by atoms with Gasteiger partial charge in [0.2, 0.25) is 5.91 Å². The molecule has 1 heterocycles. The number of aromatic nitrogens is 1. The van der Waals surface area contributed by atoms with E-state index in [1.165, 1.54) is 25.7 Å². The molecule has 0 aliphatic heterocycles. The molecule has 0 bridgehead atoms. The predicted octanol–water partition coefficient (Wildman–Crippen LogP) is 3.05. The number of rotatable bonds is 3. The van der Waals surface area contributed by atoms with Crippen molar-refractivity contribution < 1.29 is 4.79 Å². The Morgan fingerprint density at radius 3 is 2.81 bits per heavy atom. The van der Waals surface area contributed by atoms with Crippen LogP contribution in [0.2, 0.25) is 0 Å². The lowest BCUT2D eigenvalue weighted by molar-refractivity contribution is -0.122. The van der Waals surface area contributed by atoms with Crippen LogP contribution in [0.3, 0.4) is 0 Å². The van der Waals surface area contributed by atoms with Crippen LogP contribution in [0.1, 0.15) is 31.2 Å². The second kappa shape index (κ2) is 5.02. The van der Waals surface area contributed by atoms with Crippen molar-refractivity contribution in [3.63, 3.8) is 0 Å². The monoisotopic (exact) mass is 281 g/mol. The third kappa shape index (κ3) is 2.24. The molecule has 2 aromatic rings. The Balaban J connectivity index is 1.41. The Labute approximate surface area is 123 Å². The van der Waals surface area contributed by atoms with Crippen LogP contribution >= 0.6 is 0 Å². The second-order valence-electron chi connectivity index (χ2n) is 6.16. The molecule has 2 N–H and O–H groups in total. The van der Waals surface area contributed by atoms with E-state index in [0.29, 0.717) is 11.8 Å². The summed E-state index contributed by atoms with van der Waals surface area (Å²) in [5.41, 5.74) is 4.80. The van der Waals surface area contributed by atoms with Gasteiger partial charge in [-0.1, -0.05) is 31.0 Å². The molecule has 1 amide bonds. The molecule has 1 aromatic carbocycles. The Bertz CT molecular complexity index is 691. The van der Waals surface area contributed by atoms with Crippen molar-refractivity contribution in [2.24, 2.45) is 22.9 Å². The smallest absolute Gasteiger partial charge is 0.243 e. The van der Waals surface area contributed by atoms with Crippen LogP contribution < -0.4 is 5.43 Å². The number of carbonyl (C=O) groups excluding carboxylic acids is 1. The van der Waals surface area contributed by atoms with Crippen LogP contribution in [0.25, 0.3) is 10.9 Å². The van der Waals surface area contributed by atoms with E-state index in [1.807, 2.05) is 30.5 Å². The number of nitrogens with one attached hydrogen (secondary N) is 2. The van der Waals surface area contributed by atoms with Crippen LogP contribution in [-0.4, -0.2) is 17.1 Å². The number of hydrazone groups is 1. The van der Waals surface area contributed by atoms with Crippen molar-refractivity contribution >= 4 is 23.0 Å². The minimum atomic E-state index is 0.1000. The highest BCUT2D eigenvalue weighted by molar-refractivity contribution is 5.99. The zero-order valence-corrected chi connectivity index (χ0v) is 11.9. The maximum Gasteiger partial charge on any atom is 0.243 e. The molecule has 1 aromatic heterocycles. The first kappa shape index (κ1) is 12.6. The first-order valence-electron chi connectivity index (χ1n) is 7.73. The number of aromatic amines is 1. The van der Waals surface area contributed by atoms with E-state index in [1.54, 1.807) is 6.21 Å². The summed E-state index contributed by atoms with van der Waals surface area (Å²) < 4.78 is 0. The fourth-order valence-electron chi connectivity index (χ4n) is 3.82. The Hall–Kier alpha value is -2.10. The van der Waals surface area contributed by atoms with Gasteiger partial charge in [-0.15, -0.1) is 0 Å². The molecule has 2 aliphatic rings. The number of para-hydroxylation sites is 1. The number of hydrogen-bond acceptors (Lipinski definition) is 2. The second-order valence-corrected chi connectivity index (χ2v) is 6.16. The summed E-state index contributed by atoms with van der Waals surface area (Å²) in [6.45, 7) is 0. The van der Waals surface area contributed by atoms with Gasteiger partial charge in [0.1, 0.15) is 0 Å². The molecule has 0 unspecified atom stereocenters. The van der Waals surface area contributed by atoms with Crippen LogP contribution in [0.4, 0.5) is 0 Å². The SMILES string of the molecule is O=C(N/N=C\c1c[nH]c2ccccc12)C1[C@H]2CCCC[C@H]12. The van der Waals surface area contributed by atoms with Gasteiger partial charge in [0.15, 0.2) is 0 Å². The summed E-state index contributed by atoms with van der Waals surface area (Å²) in [4.78, 5) is 15.3. The van der Waals surface area contributed by atoms with Crippen molar-refractivity contribution in [2.75, 3.05) is 0 Å². The molecular weight excluding hydrogens is 262 g/mol. The number of fused-ring (bicyclic) bond motifs is 2. The lowest BCUT2D eigenvalue weighted by Crippen LogP contribution is -2.20. The summed E-state index contributed by atoms with van der Waals surface area (Å²) in [5.74, 6) is 1.57. The van der Waals surface area contributed by atoms with Crippen molar-refractivity contribution in [3.8, 4) is 0 Å². The average Bonchev–Trinajstić information content (AvgIpc) is 3.12. The van der Waals surface area contributed by atoms with E-state index in [4.69, 9.17) is 0 Å². The molecule has 0 saturated heterocycles. The van der Waals surface area contributed by atoms with Gasteiger partial charge < -0.3 is 4.98 Å². The Morgan fingerprint density at radius 1 is 1.24 bits per heavy atom. The average molecular weight is 281 g/mol. The molecule has 108 valence electrons. The zero-order valence-electron chi connectivity index (χ0n) is 11.9. The van der Waals surface area contributed by atoms with Gasteiger partial charge in [0.25, 0.3) is 0 Å². The summed E-state index contributed by atoms with van der Waals surface area (Å²) in [6.07, 6.45) is 8.64. The highest BCUT2D eigenvalue weighted by Crippen LogP contribution is 2.55. The third-order valence-corrected chi connectivity index (χ3v) is 4.96. The number of benzene rings is 1. The standard InChI is InChI=1S/C17H19N3O/c21-17(16-13-6-1-2-7-14(13)16)20-19-10-11-9-18-15-8-4-3-5-12(11)15/h3-5,8-10,13-14,16,18H,1-2,6-7H2,(H,20,21)/b19-10-/t13-,14-/m0/s1. The van der Waals surface area contributed by atoms with E-state index in [0.717, 1.165) is 16.5 Å². The van der Waals surface area contributed by atoms with Crippen LogP contribution in [0.5, 0.6) is 0 Å². The highest BCUT2D eigenvalue weighted by atomic mass is 16.2. The van der Waals surface area contributed by atoms with Crippen molar-refractivity contribution in [1.82, 2.24) is 10.4 Å². The lowest BCUT2D eigenvalue weighted by Gasteiger charge is -2.04. The van der Waals surface area contributed by atoms with E-state index < -0.39 is 0 Å². The van der Waals surface area contributed by atoms with Gasteiger partial charge in [-0.3, -0.25) is 4.79 Å². The first-order valence-corrected chi connectivity index (χ1v) is 7.73. The van der Waals surface area contributed by atoms with Gasteiger partial charge >= 0.3 is 0 Å². The summed E-state index contributed by atoms with van der Waals surface area (Å²) >= 11 is 0. The maximum atomic E-state index is 12.1. The number of amides is 1. The molecule has 4 heteroatoms. The molecule has 21 heavy (non-hydrogen) atoms. The van der Waals surface area contributed by atoms with E-state index in [9.17, 15) is 4.79 Å². The maximum absolute atomic E-state index is 12.1. The van der Waals surface area contributed by atoms with Crippen LogP contribution in [0.15, 0.2) is 35.6 Å². The number of hydrogen-bond donors (Lipinski definition) is 2. The molecule has 2 atom stereocenters. The van der Waals surface area contributed by atoms with Gasteiger partial charge in [-0.2, -0.15) is 5.10 Å². The largest absolute Gasteiger partial charge is 0.361 e. The Kier molecular flexibility index (Phi) is 3.02. The minimum Gasteiger partial charge on any atom is -0.361 e. The predicted molar refractivity (Wildman–Crippen MR) is 83.0 cm³/mol. The molecule has 4 nitrogen and oxygen atoms in total. The lowest BCUT2D eigenvalue weighted by atomic mass is 10.0. The summed E-state index contributed by atoms with van der Waals surface area (Å²) in [7, 11) is 0. The Morgan fingerprint density at radius 2 is 2.00 bits per heavy atom. The molecule has 2 saturated carbocycles. The van der Waals surface area contributed by atoms with Gasteiger partial charge in [0.05, 0.1) is 6.21 Å². The van der Waals surface area contributed by atoms with Crippen LogP contribution in [-0.2, 0) is 4.79 Å². The van der Waals surface area contributed by atoms with E-state index in [-0.39, 0.29) is 11.8 Å². The van der Waals surface area contributed by atoms with Gasteiger partial charge in [-0.25, -0.2) is 5.43 Å². The molecule has 4 rings (SSSR count). The number of nitrogens with zero attached hydrogens (tertiary/aromatic N) is 1. The van der Waals surface area contributed by atoms with Crippen LogP contribution in [0, 0.1) is 17.8 Å². The zero-order chi connectivity index (χ0) is 14.2. The molecule has 2 aliphatic carbocycles. The fraction of sp³-hybridized carbons (Fsp3) is 0.412. The molecule has 0 radical (unpaired) electrons. The van der Waals surface area contributed by atoms with Crippen molar-refractivity contribution in [1.29, 1.82) is 0 Å². The van der Waals surface area contributed by atoms with E-state index in [2.05, 4.69) is 15.5 Å². The van der Waals surface area contributed by atoms with Crippen molar-refractivity contribution in [3.05, 3.63) is 36.0 Å².